The lowest BCUT2D eigenvalue weighted by atomic mass is 9.92. The van der Waals surface area contributed by atoms with Crippen molar-refractivity contribution in [3.63, 3.8) is 0 Å². The molecule has 0 saturated carbocycles. The number of rotatable bonds is 3. The molecule has 0 aromatic carbocycles. The molecule has 1 aliphatic heterocycles. The Hall–Kier alpha value is -1.37. The molecule has 2 rings (SSSR count). The SMILES string of the molecule is Cc1cc(C)nc(OC(C2CCNCC2)C(F)(F)F)n1. The van der Waals surface area contributed by atoms with Crippen LogP contribution in [0.25, 0.3) is 0 Å². The van der Waals surface area contributed by atoms with E-state index >= 15 is 0 Å². The number of aromatic nitrogens is 2. The number of nitrogens with zero attached hydrogens (tertiary/aromatic N) is 2. The Bertz CT molecular complexity index is 438. The Morgan fingerprint density at radius 1 is 1.20 bits per heavy atom. The Labute approximate surface area is 115 Å². The monoisotopic (exact) mass is 289 g/mol. The number of aryl methyl sites for hydroxylation is 2. The summed E-state index contributed by atoms with van der Waals surface area (Å²) in [5, 5.41) is 3.05. The fourth-order valence-electron chi connectivity index (χ4n) is 2.44. The van der Waals surface area contributed by atoms with Crippen molar-refractivity contribution in [2.75, 3.05) is 13.1 Å². The second kappa shape index (κ2) is 5.95. The van der Waals surface area contributed by atoms with Gasteiger partial charge in [0.2, 0.25) is 0 Å². The van der Waals surface area contributed by atoms with E-state index in [0.717, 1.165) is 0 Å². The van der Waals surface area contributed by atoms with Gasteiger partial charge in [-0.05, 0) is 45.8 Å². The Balaban J connectivity index is 2.18. The van der Waals surface area contributed by atoms with Gasteiger partial charge in [0, 0.05) is 17.3 Å². The molecule has 2 heterocycles. The van der Waals surface area contributed by atoms with Gasteiger partial charge in [0.05, 0.1) is 0 Å². The average Bonchev–Trinajstić information content (AvgIpc) is 2.34. The average molecular weight is 289 g/mol. The molecular formula is C13H18F3N3O. The zero-order valence-electron chi connectivity index (χ0n) is 11.5. The molecule has 0 radical (unpaired) electrons. The van der Waals surface area contributed by atoms with Crippen LogP contribution < -0.4 is 10.1 Å². The fraction of sp³-hybridized carbons (Fsp3) is 0.692. The van der Waals surface area contributed by atoms with Gasteiger partial charge in [0.1, 0.15) is 0 Å². The van der Waals surface area contributed by atoms with E-state index in [9.17, 15) is 13.2 Å². The molecule has 1 N–H and O–H groups in total. The molecule has 0 bridgehead atoms. The molecule has 1 fully saturated rings. The van der Waals surface area contributed by atoms with E-state index in [1.165, 1.54) is 0 Å². The molecule has 7 heteroatoms. The molecule has 1 aromatic heterocycles. The molecule has 1 unspecified atom stereocenters. The second-order valence-corrected chi connectivity index (χ2v) is 5.10. The van der Waals surface area contributed by atoms with E-state index in [1.807, 2.05) is 0 Å². The highest BCUT2D eigenvalue weighted by Crippen LogP contribution is 2.33. The van der Waals surface area contributed by atoms with Gasteiger partial charge in [-0.15, -0.1) is 0 Å². The number of nitrogens with one attached hydrogen (secondary N) is 1. The lowest BCUT2D eigenvalue weighted by Gasteiger charge is -2.31. The summed E-state index contributed by atoms with van der Waals surface area (Å²) in [6.45, 7) is 4.56. The van der Waals surface area contributed by atoms with Gasteiger partial charge in [0.15, 0.2) is 6.10 Å². The van der Waals surface area contributed by atoms with Crippen LogP contribution in [0.1, 0.15) is 24.2 Å². The lowest BCUT2D eigenvalue weighted by molar-refractivity contribution is -0.213. The Morgan fingerprint density at radius 2 is 1.75 bits per heavy atom. The largest absolute Gasteiger partial charge is 0.450 e. The highest BCUT2D eigenvalue weighted by molar-refractivity contribution is 5.11. The van der Waals surface area contributed by atoms with E-state index in [2.05, 4.69) is 15.3 Å². The normalized spacial score (nSPS) is 18.9. The van der Waals surface area contributed by atoms with Crippen LogP contribution in [-0.2, 0) is 0 Å². The molecule has 0 amide bonds. The van der Waals surface area contributed by atoms with Gasteiger partial charge in [-0.1, -0.05) is 0 Å². The number of alkyl halides is 3. The standard InChI is InChI=1S/C13H18F3N3O/c1-8-7-9(2)19-12(18-8)20-11(13(14,15)16)10-3-5-17-6-4-10/h7,10-11,17H,3-6H2,1-2H3. The highest BCUT2D eigenvalue weighted by Gasteiger charge is 2.47. The summed E-state index contributed by atoms with van der Waals surface area (Å²) in [5.41, 5.74) is 1.19. The van der Waals surface area contributed by atoms with Crippen molar-refractivity contribution in [2.45, 2.75) is 39.0 Å². The molecular weight excluding hydrogens is 271 g/mol. The van der Waals surface area contributed by atoms with Crippen molar-refractivity contribution in [1.29, 1.82) is 0 Å². The van der Waals surface area contributed by atoms with E-state index in [-0.39, 0.29) is 6.01 Å². The van der Waals surface area contributed by atoms with E-state index < -0.39 is 18.2 Å². The molecule has 4 nitrogen and oxygen atoms in total. The quantitative estimate of drug-likeness (QED) is 0.928. The van der Waals surface area contributed by atoms with Crippen molar-refractivity contribution in [1.82, 2.24) is 15.3 Å². The molecule has 1 saturated heterocycles. The first kappa shape index (κ1) is 15.0. The molecule has 20 heavy (non-hydrogen) atoms. The third-order valence-corrected chi connectivity index (χ3v) is 3.33. The highest BCUT2D eigenvalue weighted by atomic mass is 19.4. The summed E-state index contributed by atoms with van der Waals surface area (Å²) in [6, 6.07) is 1.50. The maximum atomic E-state index is 13.2. The minimum Gasteiger partial charge on any atom is -0.450 e. The topological polar surface area (TPSA) is 47.0 Å². The van der Waals surface area contributed by atoms with Crippen molar-refractivity contribution >= 4 is 0 Å². The Kier molecular flexibility index (Phi) is 4.47. The molecule has 0 spiro atoms. The van der Waals surface area contributed by atoms with Gasteiger partial charge < -0.3 is 10.1 Å². The predicted molar refractivity (Wildman–Crippen MR) is 67.6 cm³/mol. The number of piperidine rings is 1. The molecule has 1 atom stereocenters. The van der Waals surface area contributed by atoms with Crippen LogP contribution in [0.5, 0.6) is 6.01 Å². The first-order valence-corrected chi connectivity index (χ1v) is 6.62. The smallest absolute Gasteiger partial charge is 0.425 e. The molecule has 112 valence electrons. The number of halogens is 3. The van der Waals surface area contributed by atoms with Gasteiger partial charge in [-0.2, -0.15) is 13.2 Å². The second-order valence-electron chi connectivity index (χ2n) is 5.10. The van der Waals surface area contributed by atoms with E-state index in [4.69, 9.17) is 4.74 Å². The zero-order chi connectivity index (χ0) is 14.8. The minimum absolute atomic E-state index is 0.191. The molecule has 0 aliphatic carbocycles. The van der Waals surface area contributed by atoms with Crippen molar-refractivity contribution < 1.29 is 17.9 Å². The van der Waals surface area contributed by atoms with Crippen LogP contribution >= 0.6 is 0 Å². The third-order valence-electron chi connectivity index (χ3n) is 3.33. The van der Waals surface area contributed by atoms with Crippen LogP contribution in [-0.4, -0.2) is 35.3 Å². The van der Waals surface area contributed by atoms with Gasteiger partial charge in [-0.3, -0.25) is 0 Å². The van der Waals surface area contributed by atoms with Crippen LogP contribution in [0.4, 0.5) is 13.2 Å². The summed E-state index contributed by atoms with van der Waals surface area (Å²) < 4.78 is 44.7. The lowest BCUT2D eigenvalue weighted by Crippen LogP contribution is -2.45. The van der Waals surface area contributed by atoms with Crippen LogP contribution in [0.15, 0.2) is 6.07 Å². The summed E-state index contributed by atoms with van der Waals surface area (Å²) in [5.74, 6) is -0.555. The van der Waals surface area contributed by atoms with Gasteiger partial charge >= 0.3 is 12.2 Å². The summed E-state index contributed by atoms with van der Waals surface area (Å²) in [6.07, 6.45) is -5.38. The van der Waals surface area contributed by atoms with E-state index in [1.54, 1.807) is 19.9 Å². The minimum atomic E-state index is -4.41. The Morgan fingerprint density at radius 3 is 2.25 bits per heavy atom. The van der Waals surface area contributed by atoms with Crippen molar-refractivity contribution in [3.8, 4) is 6.01 Å². The van der Waals surface area contributed by atoms with Crippen LogP contribution in [0, 0.1) is 19.8 Å². The first-order chi connectivity index (χ1) is 9.36. The summed E-state index contributed by atoms with van der Waals surface area (Å²) >= 11 is 0. The van der Waals surface area contributed by atoms with Crippen molar-refractivity contribution in [3.05, 3.63) is 17.5 Å². The first-order valence-electron chi connectivity index (χ1n) is 6.62. The third kappa shape index (κ3) is 3.82. The predicted octanol–water partition coefficient (Wildman–Crippen LogP) is 2.40. The zero-order valence-corrected chi connectivity index (χ0v) is 11.5. The number of hydrogen-bond donors (Lipinski definition) is 1. The summed E-state index contributed by atoms with van der Waals surface area (Å²) in [7, 11) is 0. The van der Waals surface area contributed by atoms with E-state index in [0.29, 0.717) is 37.3 Å². The maximum Gasteiger partial charge on any atom is 0.425 e. The number of hydrogen-bond acceptors (Lipinski definition) is 4. The summed E-state index contributed by atoms with van der Waals surface area (Å²) in [4.78, 5) is 7.87. The molecule has 1 aliphatic rings. The van der Waals surface area contributed by atoms with Crippen molar-refractivity contribution in [2.24, 2.45) is 5.92 Å². The van der Waals surface area contributed by atoms with Gasteiger partial charge in [0.25, 0.3) is 0 Å². The van der Waals surface area contributed by atoms with Crippen LogP contribution in [0.3, 0.4) is 0 Å². The van der Waals surface area contributed by atoms with Crippen LogP contribution in [0.2, 0.25) is 0 Å². The van der Waals surface area contributed by atoms with Gasteiger partial charge in [-0.25, -0.2) is 9.97 Å². The number of ether oxygens (including phenoxy) is 1. The molecule has 1 aromatic rings. The fourth-order valence-corrected chi connectivity index (χ4v) is 2.44. The maximum absolute atomic E-state index is 13.2.